The standard InChI is InChI=1S/C16H25BrN2O/c1-3-18-11-13-7-8-16(15(17)10-13)19(4-2)12-14-6-5-9-20-14/h7-8,10,14,18H,3-6,9,11-12H2,1-2H3. The molecule has 1 unspecified atom stereocenters. The highest BCUT2D eigenvalue weighted by Gasteiger charge is 2.19. The van der Waals surface area contributed by atoms with E-state index in [0.717, 1.165) is 32.8 Å². The Morgan fingerprint density at radius 1 is 1.40 bits per heavy atom. The Balaban J connectivity index is 2.04. The lowest BCUT2D eigenvalue weighted by molar-refractivity contribution is 0.115. The highest BCUT2D eigenvalue weighted by atomic mass is 79.9. The van der Waals surface area contributed by atoms with Crippen LogP contribution >= 0.6 is 15.9 Å². The van der Waals surface area contributed by atoms with Gasteiger partial charge in [-0.25, -0.2) is 0 Å². The highest BCUT2D eigenvalue weighted by molar-refractivity contribution is 9.10. The van der Waals surface area contributed by atoms with Crippen LogP contribution in [0.15, 0.2) is 22.7 Å². The molecule has 1 atom stereocenters. The van der Waals surface area contributed by atoms with Gasteiger partial charge in [0.15, 0.2) is 0 Å². The zero-order valence-corrected chi connectivity index (χ0v) is 14.1. The van der Waals surface area contributed by atoms with Gasteiger partial charge >= 0.3 is 0 Å². The van der Waals surface area contributed by atoms with Crippen LogP contribution in [0.5, 0.6) is 0 Å². The van der Waals surface area contributed by atoms with Gasteiger partial charge < -0.3 is 15.0 Å². The number of halogens is 1. The molecule has 112 valence electrons. The molecule has 4 heteroatoms. The Morgan fingerprint density at radius 3 is 2.85 bits per heavy atom. The number of anilines is 1. The van der Waals surface area contributed by atoms with Crippen LogP contribution in [-0.2, 0) is 11.3 Å². The van der Waals surface area contributed by atoms with Gasteiger partial charge in [-0.1, -0.05) is 13.0 Å². The van der Waals surface area contributed by atoms with Gasteiger partial charge in [0.1, 0.15) is 0 Å². The van der Waals surface area contributed by atoms with E-state index in [1.807, 2.05) is 0 Å². The van der Waals surface area contributed by atoms with Crippen molar-refractivity contribution in [3.63, 3.8) is 0 Å². The molecule has 20 heavy (non-hydrogen) atoms. The van der Waals surface area contributed by atoms with Gasteiger partial charge in [-0.2, -0.15) is 0 Å². The van der Waals surface area contributed by atoms with Crippen LogP contribution in [-0.4, -0.2) is 32.3 Å². The summed E-state index contributed by atoms with van der Waals surface area (Å²) >= 11 is 3.72. The minimum atomic E-state index is 0.392. The minimum absolute atomic E-state index is 0.392. The number of nitrogens with zero attached hydrogens (tertiary/aromatic N) is 1. The first-order valence-corrected chi connectivity index (χ1v) is 8.39. The average molecular weight is 341 g/mol. The van der Waals surface area contributed by atoms with Gasteiger partial charge in [0.2, 0.25) is 0 Å². The molecule has 1 aromatic rings. The number of rotatable bonds is 7. The average Bonchev–Trinajstić information content (AvgIpc) is 2.96. The summed E-state index contributed by atoms with van der Waals surface area (Å²) in [6.45, 7) is 9.17. The molecule has 0 amide bonds. The van der Waals surface area contributed by atoms with E-state index in [1.165, 1.54) is 28.6 Å². The van der Waals surface area contributed by atoms with Gasteiger partial charge in [-0.3, -0.25) is 0 Å². The largest absolute Gasteiger partial charge is 0.376 e. The summed E-state index contributed by atoms with van der Waals surface area (Å²) in [5, 5.41) is 3.36. The maximum Gasteiger partial charge on any atom is 0.0750 e. The molecule has 1 N–H and O–H groups in total. The lowest BCUT2D eigenvalue weighted by Gasteiger charge is -2.27. The predicted molar refractivity (Wildman–Crippen MR) is 88.4 cm³/mol. The lowest BCUT2D eigenvalue weighted by Crippen LogP contribution is -2.32. The summed E-state index contributed by atoms with van der Waals surface area (Å²) in [5.74, 6) is 0. The summed E-state index contributed by atoms with van der Waals surface area (Å²) in [4.78, 5) is 2.40. The quantitative estimate of drug-likeness (QED) is 0.821. The molecule has 0 aliphatic carbocycles. The molecule has 1 fully saturated rings. The number of hydrogen-bond acceptors (Lipinski definition) is 3. The molecule has 1 heterocycles. The van der Waals surface area contributed by atoms with Crippen molar-refractivity contribution in [2.24, 2.45) is 0 Å². The van der Waals surface area contributed by atoms with Gasteiger partial charge in [0.05, 0.1) is 11.8 Å². The van der Waals surface area contributed by atoms with Crippen molar-refractivity contribution in [2.75, 3.05) is 31.1 Å². The van der Waals surface area contributed by atoms with Crippen LogP contribution < -0.4 is 10.2 Å². The molecule has 1 aliphatic heterocycles. The van der Waals surface area contributed by atoms with Crippen LogP contribution in [0, 0.1) is 0 Å². The molecule has 0 saturated carbocycles. The fourth-order valence-electron chi connectivity index (χ4n) is 2.62. The van der Waals surface area contributed by atoms with Crippen molar-refractivity contribution in [3.8, 4) is 0 Å². The van der Waals surface area contributed by atoms with Crippen LogP contribution in [0.3, 0.4) is 0 Å². The number of likely N-dealkylation sites (N-methyl/N-ethyl adjacent to an activating group) is 1. The Morgan fingerprint density at radius 2 is 2.25 bits per heavy atom. The SMILES string of the molecule is CCNCc1ccc(N(CC)CC2CCCO2)c(Br)c1. The third kappa shape index (κ3) is 4.21. The first kappa shape index (κ1) is 15.8. The molecule has 1 saturated heterocycles. The third-order valence-electron chi connectivity index (χ3n) is 3.76. The summed E-state index contributed by atoms with van der Waals surface area (Å²) in [6.07, 6.45) is 2.78. The number of nitrogens with one attached hydrogen (secondary N) is 1. The molecular formula is C16H25BrN2O. The van der Waals surface area contributed by atoms with Crippen LogP contribution in [0.4, 0.5) is 5.69 Å². The van der Waals surface area contributed by atoms with E-state index in [0.29, 0.717) is 6.10 Å². The predicted octanol–water partition coefficient (Wildman–Crippen LogP) is 3.56. The molecule has 0 bridgehead atoms. The maximum absolute atomic E-state index is 5.76. The molecule has 2 rings (SSSR count). The third-order valence-corrected chi connectivity index (χ3v) is 4.40. The van der Waals surface area contributed by atoms with Gasteiger partial charge in [-0.15, -0.1) is 0 Å². The minimum Gasteiger partial charge on any atom is -0.376 e. The van der Waals surface area contributed by atoms with Crippen molar-refractivity contribution < 1.29 is 4.74 Å². The van der Waals surface area contributed by atoms with E-state index < -0.39 is 0 Å². The Bertz CT molecular complexity index is 419. The van der Waals surface area contributed by atoms with E-state index in [2.05, 4.69) is 58.2 Å². The zero-order valence-electron chi connectivity index (χ0n) is 12.5. The Kier molecular flexibility index (Phi) is 6.33. The van der Waals surface area contributed by atoms with E-state index >= 15 is 0 Å². The monoisotopic (exact) mass is 340 g/mol. The molecular weight excluding hydrogens is 316 g/mol. The highest BCUT2D eigenvalue weighted by Crippen LogP contribution is 2.28. The van der Waals surface area contributed by atoms with E-state index in [-0.39, 0.29) is 0 Å². The van der Waals surface area contributed by atoms with Crippen molar-refractivity contribution in [2.45, 2.75) is 39.3 Å². The first-order valence-electron chi connectivity index (χ1n) is 7.60. The molecule has 0 radical (unpaired) electrons. The van der Waals surface area contributed by atoms with Crippen molar-refractivity contribution in [1.82, 2.24) is 5.32 Å². The fourth-order valence-corrected chi connectivity index (χ4v) is 3.30. The number of hydrogen-bond donors (Lipinski definition) is 1. The first-order chi connectivity index (χ1) is 9.74. The van der Waals surface area contributed by atoms with Crippen LogP contribution in [0.1, 0.15) is 32.3 Å². The second kappa shape index (κ2) is 8.01. The Labute approximate surface area is 130 Å². The van der Waals surface area contributed by atoms with E-state index in [1.54, 1.807) is 0 Å². The fraction of sp³-hybridized carbons (Fsp3) is 0.625. The van der Waals surface area contributed by atoms with Gasteiger partial charge in [-0.05, 0) is 59.9 Å². The normalized spacial score (nSPS) is 18.4. The molecule has 0 spiro atoms. The molecule has 0 aromatic heterocycles. The molecule has 1 aliphatic rings. The second-order valence-electron chi connectivity index (χ2n) is 5.24. The lowest BCUT2D eigenvalue weighted by atomic mass is 10.1. The van der Waals surface area contributed by atoms with E-state index in [9.17, 15) is 0 Å². The summed E-state index contributed by atoms with van der Waals surface area (Å²) < 4.78 is 6.93. The molecule has 3 nitrogen and oxygen atoms in total. The van der Waals surface area contributed by atoms with Crippen LogP contribution in [0.25, 0.3) is 0 Å². The maximum atomic E-state index is 5.76. The van der Waals surface area contributed by atoms with E-state index in [4.69, 9.17) is 4.74 Å². The van der Waals surface area contributed by atoms with Crippen molar-refractivity contribution in [1.29, 1.82) is 0 Å². The second-order valence-corrected chi connectivity index (χ2v) is 6.09. The topological polar surface area (TPSA) is 24.5 Å². The Hall–Kier alpha value is -0.580. The van der Waals surface area contributed by atoms with Crippen molar-refractivity contribution in [3.05, 3.63) is 28.2 Å². The summed E-state index contributed by atoms with van der Waals surface area (Å²) in [6, 6.07) is 6.65. The summed E-state index contributed by atoms with van der Waals surface area (Å²) in [5.41, 5.74) is 2.58. The van der Waals surface area contributed by atoms with Gasteiger partial charge in [0, 0.05) is 30.7 Å². The smallest absolute Gasteiger partial charge is 0.0750 e. The van der Waals surface area contributed by atoms with Gasteiger partial charge in [0.25, 0.3) is 0 Å². The summed E-state index contributed by atoms with van der Waals surface area (Å²) in [7, 11) is 0. The zero-order chi connectivity index (χ0) is 14.4. The van der Waals surface area contributed by atoms with Crippen LogP contribution in [0.2, 0.25) is 0 Å². The molecule has 1 aromatic carbocycles. The number of benzene rings is 1. The number of ether oxygens (including phenoxy) is 1. The van der Waals surface area contributed by atoms with Crippen molar-refractivity contribution >= 4 is 21.6 Å².